The van der Waals surface area contributed by atoms with Crippen molar-refractivity contribution in [2.24, 2.45) is 5.92 Å². The van der Waals surface area contributed by atoms with E-state index in [1.165, 1.54) is 141 Å². The van der Waals surface area contributed by atoms with Gasteiger partial charge in [0.15, 0.2) is 0 Å². The molecule has 0 aromatic heterocycles. The van der Waals surface area contributed by atoms with Gasteiger partial charge in [-0.15, -0.1) is 0 Å². The maximum atomic E-state index is 11.8. The molecule has 0 saturated heterocycles. The van der Waals surface area contributed by atoms with Crippen LogP contribution in [0.1, 0.15) is 181 Å². The van der Waals surface area contributed by atoms with Crippen molar-refractivity contribution in [1.82, 2.24) is 0 Å². The standard InChI is InChI=1S/C31H62O2/c1-4-6-7-8-9-10-12-16-19-22-25-28-31(32)33-29-26-23-20-17-14-11-13-15-18-21-24-27-30(3)5-2/h30H,4-29H2,1-3H3. The molecule has 0 bridgehead atoms. The summed E-state index contributed by atoms with van der Waals surface area (Å²) in [5.41, 5.74) is 0. The zero-order chi connectivity index (χ0) is 24.2. The van der Waals surface area contributed by atoms with Crippen LogP contribution in [0.25, 0.3) is 0 Å². The molecule has 0 spiro atoms. The second-order valence-corrected chi connectivity index (χ2v) is 10.7. The van der Waals surface area contributed by atoms with E-state index in [1.807, 2.05) is 0 Å². The van der Waals surface area contributed by atoms with Crippen LogP contribution in [0.2, 0.25) is 0 Å². The molecule has 0 fully saturated rings. The topological polar surface area (TPSA) is 26.3 Å². The van der Waals surface area contributed by atoms with Crippen molar-refractivity contribution in [3.05, 3.63) is 0 Å². The first-order chi connectivity index (χ1) is 16.2. The van der Waals surface area contributed by atoms with Gasteiger partial charge >= 0.3 is 5.97 Å². The highest BCUT2D eigenvalue weighted by molar-refractivity contribution is 5.69. The molecule has 1 atom stereocenters. The minimum absolute atomic E-state index is 0.0232. The van der Waals surface area contributed by atoms with E-state index in [0.717, 1.165) is 18.8 Å². The summed E-state index contributed by atoms with van der Waals surface area (Å²) >= 11 is 0. The Balaban J connectivity index is 3.16. The molecule has 0 aromatic carbocycles. The van der Waals surface area contributed by atoms with Crippen molar-refractivity contribution in [3.63, 3.8) is 0 Å². The highest BCUT2D eigenvalue weighted by Crippen LogP contribution is 2.16. The average molecular weight is 467 g/mol. The fourth-order valence-electron chi connectivity index (χ4n) is 4.58. The minimum Gasteiger partial charge on any atom is -0.466 e. The molecular formula is C31H62O2. The molecular weight excluding hydrogens is 404 g/mol. The van der Waals surface area contributed by atoms with Crippen molar-refractivity contribution in [3.8, 4) is 0 Å². The van der Waals surface area contributed by atoms with Crippen molar-refractivity contribution >= 4 is 5.97 Å². The first kappa shape index (κ1) is 32.5. The maximum Gasteiger partial charge on any atom is 0.305 e. The van der Waals surface area contributed by atoms with Gasteiger partial charge in [-0.3, -0.25) is 4.79 Å². The summed E-state index contributed by atoms with van der Waals surface area (Å²) in [7, 11) is 0. The smallest absolute Gasteiger partial charge is 0.305 e. The lowest BCUT2D eigenvalue weighted by Gasteiger charge is -2.07. The Morgan fingerprint density at radius 3 is 1.39 bits per heavy atom. The molecule has 198 valence electrons. The molecule has 2 nitrogen and oxygen atoms in total. The monoisotopic (exact) mass is 466 g/mol. The highest BCUT2D eigenvalue weighted by Gasteiger charge is 2.03. The maximum absolute atomic E-state index is 11.8. The lowest BCUT2D eigenvalue weighted by molar-refractivity contribution is -0.143. The zero-order valence-electron chi connectivity index (χ0n) is 23.3. The predicted octanol–water partition coefficient (Wildman–Crippen LogP) is 11.0. The van der Waals surface area contributed by atoms with E-state index >= 15 is 0 Å². The molecule has 0 amide bonds. The van der Waals surface area contributed by atoms with Gasteiger partial charge in [0.2, 0.25) is 0 Å². The van der Waals surface area contributed by atoms with Crippen molar-refractivity contribution in [2.45, 2.75) is 181 Å². The van der Waals surface area contributed by atoms with Crippen LogP contribution in [-0.2, 0) is 9.53 Å². The molecule has 0 saturated carbocycles. The molecule has 0 radical (unpaired) electrons. The van der Waals surface area contributed by atoms with Crippen LogP contribution in [0.5, 0.6) is 0 Å². The van der Waals surface area contributed by atoms with E-state index in [9.17, 15) is 4.79 Å². The third-order valence-corrected chi connectivity index (χ3v) is 7.29. The summed E-state index contributed by atoms with van der Waals surface area (Å²) in [6.07, 6.45) is 32.7. The fourth-order valence-corrected chi connectivity index (χ4v) is 4.58. The van der Waals surface area contributed by atoms with E-state index in [4.69, 9.17) is 4.74 Å². The number of ether oxygens (including phenoxy) is 1. The first-order valence-corrected chi connectivity index (χ1v) is 15.4. The van der Waals surface area contributed by atoms with Crippen LogP contribution in [0, 0.1) is 5.92 Å². The SMILES string of the molecule is CCCCCCCCCCCCCC(=O)OCCCCCCCCCCCCCC(C)CC. The molecule has 0 heterocycles. The Hall–Kier alpha value is -0.530. The Morgan fingerprint density at radius 2 is 0.939 bits per heavy atom. The number of hydrogen-bond donors (Lipinski definition) is 0. The van der Waals surface area contributed by atoms with E-state index in [0.29, 0.717) is 13.0 Å². The summed E-state index contributed by atoms with van der Waals surface area (Å²) in [5.74, 6) is 0.943. The Bertz CT molecular complexity index is 379. The number of carbonyl (C=O) groups is 1. The molecule has 0 rings (SSSR count). The van der Waals surface area contributed by atoms with Crippen LogP contribution < -0.4 is 0 Å². The molecule has 0 aliphatic heterocycles. The number of unbranched alkanes of at least 4 members (excludes halogenated alkanes) is 20. The Morgan fingerprint density at radius 1 is 0.545 bits per heavy atom. The number of esters is 1. The summed E-state index contributed by atoms with van der Waals surface area (Å²) in [6, 6.07) is 0. The quantitative estimate of drug-likeness (QED) is 0.0888. The van der Waals surface area contributed by atoms with Gasteiger partial charge in [-0.05, 0) is 18.8 Å². The summed E-state index contributed by atoms with van der Waals surface area (Å²) in [5, 5.41) is 0. The van der Waals surface area contributed by atoms with Gasteiger partial charge in [-0.1, -0.05) is 162 Å². The first-order valence-electron chi connectivity index (χ1n) is 15.4. The highest BCUT2D eigenvalue weighted by atomic mass is 16.5. The van der Waals surface area contributed by atoms with Crippen LogP contribution >= 0.6 is 0 Å². The largest absolute Gasteiger partial charge is 0.466 e. The van der Waals surface area contributed by atoms with Crippen molar-refractivity contribution in [2.75, 3.05) is 6.61 Å². The molecule has 0 aliphatic rings. The van der Waals surface area contributed by atoms with Gasteiger partial charge in [-0.25, -0.2) is 0 Å². The van der Waals surface area contributed by atoms with Crippen LogP contribution in [-0.4, -0.2) is 12.6 Å². The molecule has 0 N–H and O–H groups in total. The summed E-state index contributed by atoms with van der Waals surface area (Å²) < 4.78 is 5.41. The summed E-state index contributed by atoms with van der Waals surface area (Å²) in [6.45, 7) is 7.59. The molecule has 0 aromatic rings. The van der Waals surface area contributed by atoms with E-state index < -0.39 is 0 Å². The zero-order valence-corrected chi connectivity index (χ0v) is 23.3. The Labute approximate surface area is 209 Å². The van der Waals surface area contributed by atoms with Gasteiger partial charge in [-0.2, -0.15) is 0 Å². The van der Waals surface area contributed by atoms with Crippen LogP contribution in [0.3, 0.4) is 0 Å². The van der Waals surface area contributed by atoms with Crippen LogP contribution in [0.4, 0.5) is 0 Å². The summed E-state index contributed by atoms with van der Waals surface area (Å²) in [4.78, 5) is 11.8. The lowest BCUT2D eigenvalue weighted by atomic mass is 9.99. The second kappa shape index (κ2) is 27.7. The van der Waals surface area contributed by atoms with Crippen molar-refractivity contribution in [1.29, 1.82) is 0 Å². The third kappa shape index (κ3) is 27.6. The van der Waals surface area contributed by atoms with Crippen LogP contribution in [0.15, 0.2) is 0 Å². The van der Waals surface area contributed by atoms with Gasteiger partial charge in [0.05, 0.1) is 6.61 Å². The molecule has 1 unspecified atom stereocenters. The normalized spacial score (nSPS) is 12.2. The van der Waals surface area contributed by atoms with E-state index in [1.54, 1.807) is 0 Å². The predicted molar refractivity (Wildman–Crippen MR) is 147 cm³/mol. The number of rotatable bonds is 27. The van der Waals surface area contributed by atoms with E-state index in [2.05, 4.69) is 20.8 Å². The fraction of sp³-hybridized carbons (Fsp3) is 0.968. The molecule has 0 aliphatic carbocycles. The van der Waals surface area contributed by atoms with Crippen molar-refractivity contribution < 1.29 is 9.53 Å². The van der Waals surface area contributed by atoms with E-state index in [-0.39, 0.29) is 5.97 Å². The number of hydrogen-bond acceptors (Lipinski definition) is 2. The Kier molecular flexibility index (Phi) is 27.3. The van der Waals surface area contributed by atoms with Gasteiger partial charge in [0.1, 0.15) is 0 Å². The average Bonchev–Trinajstić information content (AvgIpc) is 2.82. The minimum atomic E-state index is 0.0232. The molecule has 33 heavy (non-hydrogen) atoms. The molecule has 2 heteroatoms. The second-order valence-electron chi connectivity index (χ2n) is 10.7. The van der Waals surface area contributed by atoms with Gasteiger partial charge < -0.3 is 4.74 Å². The number of carbonyl (C=O) groups excluding carboxylic acids is 1. The van der Waals surface area contributed by atoms with Gasteiger partial charge in [0, 0.05) is 6.42 Å². The third-order valence-electron chi connectivity index (χ3n) is 7.29. The van der Waals surface area contributed by atoms with Gasteiger partial charge in [0.25, 0.3) is 0 Å². The lowest BCUT2D eigenvalue weighted by Crippen LogP contribution is -2.05.